The highest BCUT2D eigenvalue weighted by atomic mass is 19.4. The van der Waals surface area contributed by atoms with Gasteiger partial charge in [0.15, 0.2) is 0 Å². The molecule has 0 rings (SSSR count). The fourth-order valence-corrected chi connectivity index (χ4v) is 1.24. The lowest BCUT2D eigenvalue weighted by Crippen LogP contribution is -2.63. The molecule has 1 atom stereocenters. The Labute approximate surface area is 84.7 Å². The van der Waals surface area contributed by atoms with Crippen molar-refractivity contribution in [2.45, 2.75) is 32.5 Å². The predicted molar refractivity (Wildman–Crippen MR) is 45.2 cm³/mol. The highest BCUT2D eigenvalue weighted by Crippen LogP contribution is 2.35. The highest BCUT2D eigenvalue weighted by molar-refractivity contribution is 5.86. The molecule has 4 nitrogen and oxygen atoms in total. The lowest BCUT2D eigenvalue weighted by atomic mass is 9.99. The summed E-state index contributed by atoms with van der Waals surface area (Å²) in [5.74, 6) is -3.02. The number of halogens is 3. The smallest absolute Gasteiger partial charge is 0.422 e. The van der Waals surface area contributed by atoms with Crippen LogP contribution >= 0.6 is 0 Å². The Balaban J connectivity index is 5.47. The summed E-state index contributed by atoms with van der Waals surface area (Å²) in [6.07, 6.45) is -5.01. The van der Waals surface area contributed by atoms with Crippen molar-refractivity contribution < 1.29 is 27.9 Å². The van der Waals surface area contributed by atoms with Crippen LogP contribution in [0.2, 0.25) is 0 Å². The van der Waals surface area contributed by atoms with Crippen molar-refractivity contribution in [3.05, 3.63) is 0 Å². The molecule has 0 radical (unpaired) electrons. The zero-order valence-corrected chi connectivity index (χ0v) is 8.55. The molecule has 1 N–H and O–H groups in total. The zero-order valence-electron chi connectivity index (χ0n) is 8.55. The number of rotatable bonds is 3. The van der Waals surface area contributed by atoms with E-state index in [-0.39, 0.29) is 11.4 Å². The largest absolute Gasteiger partial charge is 0.479 e. The van der Waals surface area contributed by atoms with Gasteiger partial charge < -0.3 is 10.0 Å². The number of carboxylic acids is 1. The number of carbonyl (C=O) groups excluding carboxylic acids is 1. The van der Waals surface area contributed by atoms with E-state index in [4.69, 9.17) is 5.11 Å². The van der Waals surface area contributed by atoms with Crippen LogP contribution in [0.4, 0.5) is 13.2 Å². The quantitative estimate of drug-likeness (QED) is 0.789. The van der Waals surface area contributed by atoms with Gasteiger partial charge in [-0.25, -0.2) is 4.79 Å². The van der Waals surface area contributed by atoms with Gasteiger partial charge in [0, 0.05) is 13.5 Å². The standard InChI is InChI=1S/C8H12F3NO3/c1-4-12(5(2)13)7(3,6(14)15)8(9,10)11/h4H2,1-3H3,(H,14,15). The van der Waals surface area contributed by atoms with Crippen molar-refractivity contribution in [3.8, 4) is 0 Å². The fourth-order valence-electron chi connectivity index (χ4n) is 1.24. The highest BCUT2D eigenvalue weighted by Gasteiger charge is 2.61. The molecule has 0 bridgehead atoms. The van der Waals surface area contributed by atoms with Crippen molar-refractivity contribution in [2.24, 2.45) is 0 Å². The summed E-state index contributed by atoms with van der Waals surface area (Å²) in [5, 5.41) is 8.60. The summed E-state index contributed by atoms with van der Waals surface area (Å²) in [6, 6.07) is 0. The second-order valence-electron chi connectivity index (χ2n) is 3.14. The van der Waals surface area contributed by atoms with Gasteiger partial charge in [0.25, 0.3) is 0 Å². The van der Waals surface area contributed by atoms with Crippen LogP contribution in [0.5, 0.6) is 0 Å². The van der Waals surface area contributed by atoms with Crippen LogP contribution in [0.25, 0.3) is 0 Å². The summed E-state index contributed by atoms with van der Waals surface area (Å²) in [5.41, 5.74) is -3.17. The van der Waals surface area contributed by atoms with Crippen molar-refractivity contribution in [2.75, 3.05) is 6.54 Å². The first-order chi connectivity index (χ1) is 6.59. The number of hydrogen-bond donors (Lipinski definition) is 1. The van der Waals surface area contributed by atoms with Crippen molar-refractivity contribution in [3.63, 3.8) is 0 Å². The average molecular weight is 227 g/mol. The predicted octanol–water partition coefficient (Wildman–Crippen LogP) is 1.26. The second-order valence-corrected chi connectivity index (χ2v) is 3.14. The van der Waals surface area contributed by atoms with Gasteiger partial charge in [-0.15, -0.1) is 0 Å². The monoisotopic (exact) mass is 227 g/mol. The molecule has 1 unspecified atom stereocenters. The van der Waals surface area contributed by atoms with Crippen LogP contribution in [0, 0.1) is 0 Å². The van der Waals surface area contributed by atoms with Crippen LogP contribution in [-0.4, -0.2) is 40.1 Å². The van der Waals surface area contributed by atoms with E-state index in [2.05, 4.69) is 0 Å². The minimum atomic E-state index is -5.01. The number of likely N-dealkylation sites (N-methyl/N-ethyl adjacent to an activating group) is 1. The first-order valence-electron chi connectivity index (χ1n) is 4.17. The second kappa shape index (κ2) is 4.08. The molecule has 0 aliphatic rings. The summed E-state index contributed by atoms with van der Waals surface area (Å²) < 4.78 is 37.7. The normalized spacial score (nSPS) is 15.6. The molecule has 1 amide bonds. The van der Waals surface area contributed by atoms with Crippen LogP contribution in [0.3, 0.4) is 0 Å². The molecule has 7 heteroatoms. The molecule has 0 aliphatic carbocycles. The third-order valence-corrected chi connectivity index (χ3v) is 2.20. The maximum Gasteiger partial charge on any atom is 0.422 e. The Kier molecular flexibility index (Phi) is 3.73. The molecule has 0 fully saturated rings. The molecule has 0 aromatic heterocycles. The number of nitrogens with zero attached hydrogens (tertiary/aromatic N) is 1. The maximum atomic E-state index is 12.6. The summed E-state index contributed by atoms with van der Waals surface area (Å²) in [6.45, 7) is 2.34. The van der Waals surface area contributed by atoms with Gasteiger partial charge in [-0.1, -0.05) is 0 Å². The third-order valence-electron chi connectivity index (χ3n) is 2.20. The lowest BCUT2D eigenvalue weighted by molar-refractivity contribution is -0.231. The fraction of sp³-hybridized carbons (Fsp3) is 0.750. The average Bonchev–Trinajstić information content (AvgIpc) is 2.01. The van der Waals surface area contributed by atoms with E-state index in [1.54, 1.807) is 0 Å². The lowest BCUT2D eigenvalue weighted by Gasteiger charge is -2.37. The Hall–Kier alpha value is -1.27. The molecular weight excluding hydrogens is 215 g/mol. The molecule has 0 aliphatic heterocycles. The van der Waals surface area contributed by atoms with Crippen LogP contribution in [0.15, 0.2) is 0 Å². The van der Waals surface area contributed by atoms with Gasteiger partial charge in [0.2, 0.25) is 11.4 Å². The molecule has 0 spiro atoms. The molecule has 88 valence electrons. The van der Waals surface area contributed by atoms with Gasteiger partial charge in [-0.3, -0.25) is 4.79 Å². The molecule has 0 aromatic carbocycles. The minimum Gasteiger partial charge on any atom is -0.479 e. The third kappa shape index (κ3) is 2.21. The van der Waals surface area contributed by atoms with E-state index in [9.17, 15) is 22.8 Å². The van der Waals surface area contributed by atoms with Crippen LogP contribution < -0.4 is 0 Å². The summed E-state index contributed by atoms with van der Waals surface area (Å²) in [7, 11) is 0. The molecule has 0 saturated carbocycles. The molecule has 0 saturated heterocycles. The van der Waals surface area contributed by atoms with Crippen LogP contribution in [0.1, 0.15) is 20.8 Å². The molecule has 0 heterocycles. The number of alkyl halides is 3. The summed E-state index contributed by atoms with van der Waals surface area (Å²) >= 11 is 0. The first-order valence-corrected chi connectivity index (χ1v) is 4.17. The Morgan fingerprint density at radius 3 is 1.80 bits per heavy atom. The number of aliphatic carboxylic acids is 1. The van der Waals surface area contributed by atoms with Gasteiger partial charge in [-0.05, 0) is 13.8 Å². The topological polar surface area (TPSA) is 57.6 Å². The van der Waals surface area contributed by atoms with E-state index in [1.807, 2.05) is 0 Å². The van der Waals surface area contributed by atoms with Crippen LogP contribution in [-0.2, 0) is 9.59 Å². The molecule has 0 aromatic rings. The van der Waals surface area contributed by atoms with E-state index in [0.717, 1.165) is 6.92 Å². The van der Waals surface area contributed by atoms with Gasteiger partial charge in [0.05, 0.1) is 0 Å². The maximum absolute atomic E-state index is 12.6. The number of carbonyl (C=O) groups is 2. The van der Waals surface area contributed by atoms with Gasteiger partial charge >= 0.3 is 12.1 Å². The first kappa shape index (κ1) is 13.7. The number of carboxylic acid groups (broad SMARTS) is 1. The SMILES string of the molecule is CCN(C(C)=O)C(C)(C(=O)O)C(F)(F)F. The zero-order chi connectivity index (χ0) is 12.4. The number of hydrogen-bond acceptors (Lipinski definition) is 2. The van der Waals surface area contributed by atoms with Gasteiger partial charge in [-0.2, -0.15) is 13.2 Å². The molecule has 15 heavy (non-hydrogen) atoms. The van der Waals surface area contributed by atoms with E-state index in [0.29, 0.717) is 6.92 Å². The van der Waals surface area contributed by atoms with E-state index < -0.39 is 23.6 Å². The van der Waals surface area contributed by atoms with Crippen molar-refractivity contribution in [1.29, 1.82) is 0 Å². The number of amides is 1. The van der Waals surface area contributed by atoms with Crippen molar-refractivity contribution in [1.82, 2.24) is 4.90 Å². The molecular formula is C8H12F3NO3. The Bertz CT molecular complexity index is 277. The van der Waals surface area contributed by atoms with Crippen molar-refractivity contribution >= 4 is 11.9 Å². The summed E-state index contributed by atoms with van der Waals surface area (Å²) in [4.78, 5) is 21.9. The van der Waals surface area contributed by atoms with E-state index in [1.165, 1.54) is 6.92 Å². The Morgan fingerprint density at radius 1 is 1.33 bits per heavy atom. The minimum absolute atomic E-state index is 0.273. The Morgan fingerprint density at radius 2 is 1.73 bits per heavy atom. The van der Waals surface area contributed by atoms with Gasteiger partial charge in [0.1, 0.15) is 0 Å². The van der Waals surface area contributed by atoms with E-state index >= 15 is 0 Å².